The molecule has 0 atom stereocenters. The summed E-state index contributed by atoms with van der Waals surface area (Å²) in [7, 11) is -3.64. The van der Waals surface area contributed by atoms with Gasteiger partial charge in [-0.3, -0.25) is 10.1 Å². The summed E-state index contributed by atoms with van der Waals surface area (Å²) in [6.07, 6.45) is 1.05. The highest BCUT2D eigenvalue weighted by Crippen LogP contribution is 2.13. The van der Waals surface area contributed by atoms with E-state index in [0.717, 1.165) is 12.3 Å². The van der Waals surface area contributed by atoms with Gasteiger partial charge in [-0.25, -0.2) is 13.2 Å². The lowest BCUT2D eigenvalue weighted by molar-refractivity contribution is -0.402. The van der Waals surface area contributed by atoms with Gasteiger partial charge in [0.2, 0.25) is 0 Å². The van der Waals surface area contributed by atoms with E-state index in [0.29, 0.717) is 5.56 Å². The highest BCUT2D eigenvalue weighted by Gasteiger charge is 2.11. The van der Waals surface area contributed by atoms with Crippen molar-refractivity contribution in [3.8, 4) is 0 Å². The Balaban J connectivity index is 1.97. The van der Waals surface area contributed by atoms with Crippen molar-refractivity contribution in [1.29, 1.82) is 0 Å². The van der Waals surface area contributed by atoms with E-state index in [4.69, 9.17) is 4.42 Å². The lowest BCUT2D eigenvalue weighted by Crippen LogP contribution is -2.20. The molecule has 0 spiro atoms. The number of nitro groups is 1. The Morgan fingerprint density at radius 3 is 2.57 bits per heavy atom. The molecule has 1 N–H and O–H groups in total. The molecular weight excluding hydrogens is 298 g/mol. The fourth-order valence-electron chi connectivity index (χ4n) is 1.51. The van der Waals surface area contributed by atoms with Crippen LogP contribution in [0.25, 0.3) is 0 Å². The summed E-state index contributed by atoms with van der Waals surface area (Å²) < 4.78 is 28.3. The Morgan fingerprint density at radius 1 is 1.24 bits per heavy atom. The maximum absolute atomic E-state index is 11.7. The molecule has 0 saturated carbocycles. The molecule has 1 aromatic carbocycles. The van der Waals surface area contributed by atoms with Gasteiger partial charge in [-0.05, 0) is 11.6 Å². The van der Waals surface area contributed by atoms with Gasteiger partial charge in [0.1, 0.15) is 4.92 Å². The van der Waals surface area contributed by atoms with Crippen LogP contribution in [0, 0.1) is 10.1 Å². The van der Waals surface area contributed by atoms with Gasteiger partial charge in [-0.15, -0.1) is 0 Å². The van der Waals surface area contributed by atoms with Crippen LogP contribution in [0.5, 0.6) is 0 Å². The van der Waals surface area contributed by atoms with Gasteiger partial charge in [0.25, 0.3) is 10.0 Å². The molecule has 2 aromatic rings. The molecule has 0 fully saturated rings. The fraction of sp³-hybridized carbons (Fsp3) is 0.0833. The van der Waals surface area contributed by atoms with Crippen LogP contribution in [0.1, 0.15) is 11.3 Å². The lowest BCUT2D eigenvalue weighted by Gasteiger charge is -2.02. The molecule has 0 saturated heterocycles. The van der Waals surface area contributed by atoms with E-state index < -0.39 is 20.8 Å². The van der Waals surface area contributed by atoms with Crippen LogP contribution >= 0.6 is 0 Å². The molecule has 0 bridgehead atoms. The van der Waals surface area contributed by atoms with Gasteiger partial charge in [-0.2, -0.15) is 5.10 Å². The SMILES string of the molecule is O=[N+]([O-])c1ccc(/C=N/NS(=O)(=O)Cc2ccccc2)o1. The largest absolute Gasteiger partial charge is 0.433 e. The van der Waals surface area contributed by atoms with E-state index in [1.54, 1.807) is 30.3 Å². The van der Waals surface area contributed by atoms with Gasteiger partial charge < -0.3 is 4.42 Å². The Hall–Kier alpha value is -2.68. The second-order valence-electron chi connectivity index (χ2n) is 4.03. The summed E-state index contributed by atoms with van der Waals surface area (Å²) in [5.41, 5.74) is 0.619. The number of nitrogens with zero attached hydrogens (tertiary/aromatic N) is 2. The quantitative estimate of drug-likeness (QED) is 0.495. The minimum atomic E-state index is -3.64. The third-order valence-electron chi connectivity index (χ3n) is 2.38. The molecule has 9 heteroatoms. The molecule has 0 aliphatic heterocycles. The van der Waals surface area contributed by atoms with E-state index in [2.05, 4.69) is 5.10 Å². The molecule has 0 aliphatic rings. The molecule has 1 heterocycles. The highest BCUT2D eigenvalue weighted by molar-refractivity contribution is 7.88. The Kier molecular flexibility index (Phi) is 4.33. The summed E-state index contributed by atoms with van der Waals surface area (Å²) in [6, 6.07) is 11.1. The third-order valence-corrected chi connectivity index (χ3v) is 3.47. The summed E-state index contributed by atoms with van der Waals surface area (Å²) in [5, 5.41) is 13.9. The van der Waals surface area contributed by atoms with Crippen LogP contribution in [-0.2, 0) is 15.8 Å². The lowest BCUT2D eigenvalue weighted by atomic mass is 10.2. The van der Waals surface area contributed by atoms with Gasteiger partial charge in [0.15, 0.2) is 5.76 Å². The van der Waals surface area contributed by atoms with Crippen LogP contribution in [0.4, 0.5) is 5.88 Å². The number of furan rings is 1. The van der Waals surface area contributed by atoms with Crippen molar-refractivity contribution < 1.29 is 17.8 Å². The first kappa shape index (κ1) is 14.7. The topological polar surface area (TPSA) is 115 Å². The van der Waals surface area contributed by atoms with E-state index in [-0.39, 0.29) is 11.5 Å². The van der Waals surface area contributed by atoms with Gasteiger partial charge in [0, 0.05) is 0 Å². The molecule has 1 aromatic heterocycles. The Labute approximate surface area is 120 Å². The van der Waals surface area contributed by atoms with E-state index in [9.17, 15) is 18.5 Å². The minimum absolute atomic E-state index is 0.0733. The second kappa shape index (κ2) is 6.18. The van der Waals surface area contributed by atoms with Crippen molar-refractivity contribution in [2.24, 2.45) is 5.10 Å². The third kappa shape index (κ3) is 4.42. The van der Waals surface area contributed by atoms with E-state index >= 15 is 0 Å². The zero-order valence-electron chi connectivity index (χ0n) is 10.7. The maximum atomic E-state index is 11.7. The predicted octanol–water partition coefficient (Wildman–Crippen LogP) is 1.64. The van der Waals surface area contributed by atoms with Gasteiger partial charge in [-0.1, -0.05) is 30.3 Å². The maximum Gasteiger partial charge on any atom is 0.433 e. The molecule has 110 valence electrons. The normalized spacial score (nSPS) is 11.6. The zero-order chi connectivity index (χ0) is 15.3. The van der Waals surface area contributed by atoms with Crippen LogP contribution in [0.15, 0.2) is 52.0 Å². The van der Waals surface area contributed by atoms with Crippen LogP contribution < -0.4 is 4.83 Å². The molecule has 0 amide bonds. The summed E-state index contributed by atoms with van der Waals surface area (Å²) in [4.78, 5) is 11.7. The monoisotopic (exact) mass is 309 g/mol. The number of nitrogens with one attached hydrogen (secondary N) is 1. The van der Waals surface area contributed by atoms with Crippen LogP contribution in [0.2, 0.25) is 0 Å². The molecule has 0 radical (unpaired) electrons. The average molecular weight is 309 g/mol. The summed E-state index contributed by atoms with van der Waals surface area (Å²) in [6.45, 7) is 0. The smallest absolute Gasteiger partial charge is 0.400 e. The summed E-state index contributed by atoms with van der Waals surface area (Å²) >= 11 is 0. The Morgan fingerprint density at radius 2 is 1.95 bits per heavy atom. The number of rotatable bonds is 6. The van der Waals surface area contributed by atoms with Crippen molar-refractivity contribution in [2.75, 3.05) is 0 Å². The number of hydrogen-bond donors (Lipinski definition) is 1. The highest BCUT2D eigenvalue weighted by atomic mass is 32.2. The Bertz CT molecular complexity index is 752. The standard InChI is InChI=1S/C12H11N3O5S/c16-15(17)12-7-6-11(20-12)8-13-14-21(18,19)9-10-4-2-1-3-5-10/h1-8,14H,9H2/b13-8+. The first-order valence-electron chi connectivity index (χ1n) is 5.77. The van der Waals surface area contributed by atoms with Crippen LogP contribution in [-0.4, -0.2) is 19.6 Å². The van der Waals surface area contributed by atoms with Crippen molar-refractivity contribution in [1.82, 2.24) is 4.83 Å². The zero-order valence-corrected chi connectivity index (χ0v) is 11.5. The fourth-order valence-corrected chi connectivity index (χ4v) is 2.42. The first-order valence-corrected chi connectivity index (χ1v) is 7.42. The van der Waals surface area contributed by atoms with Crippen molar-refractivity contribution in [3.63, 3.8) is 0 Å². The molecule has 0 unspecified atom stereocenters. The predicted molar refractivity (Wildman–Crippen MR) is 75.2 cm³/mol. The number of sulfonamides is 1. The molecular formula is C12H11N3O5S. The van der Waals surface area contributed by atoms with Gasteiger partial charge in [0.05, 0.1) is 18.0 Å². The molecule has 0 aliphatic carbocycles. The molecule has 21 heavy (non-hydrogen) atoms. The van der Waals surface area contributed by atoms with Crippen molar-refractivity contribution >= 4 is 22.1 Å². The van der Waals surface area contributed by atoms with Crippen LogP contribution in [0.3, 0.4) is 0 Å². The number of benzene rings is 1. The van der Waals surface area contributed by atoms with Crippen molar-refractivity contribution in [2.45, 2.75) is 5.75 Å². The molecule has 2 rings (SSSR count). The van der Waals surface area contributed by atoms with Crippen molar-refractivity contribution in [3.05, 3.63) is 63.9 Å². The number of hydrazone groups is 1. The first-order chi connectivity index (χ1) is 9.96. The second-order valence-corrected chi connectivity index (χ2v) is 5.73. The summed E-state index contributed by atoms with van der Waals surface area (Å²) in [5.74, 6) is -0.587. The molecule has 8 nitrogen and oxygen atoms in total. The van der Waals surface area contributed by atoms with E-state index in [1.165, 1.54) is 6.07 Å². The minimum Gasteiger partial charge on any atom is -0.400 e. The van der Waals surface area contributed by atoms with Gasteiger partial charge >= 0.3 is 5.88 Å². The van der Waals surface area contributed by atoms with E-state index in [1.807, 2.05) is 4.83 Å². The number of hydrogen-bond acceptors (Lipinski definition) is 6. The average Bonchev–Trinajstić information content (AvgIpc) is 2.88.